The second-order valence-corrected chi connectivity index (χ2v) is 7.72. The Bertz CT molecular complexity index is 548. The zero-order chi connectivity index (χ0) is 17.2. The van der Waals surface area contributed by atoms with Crippen molar-refractivity contribution in [1.29, 1.82) is 0 Å². The standard InChI is InChI=1S/C17H24ClFN2O2/c1-17(2,3)15(22)9-20-13-7-14(8-13)21-16(23)10-4-11(18)6-12(19)5-10/h4-6,13-15,20,22H,7-9H2,1-3H3,(H,21,23)/t13?,14?,15-/m0/s1. The Hall–Kier alpha value is -1.17. The van der Waals surface area contributed by atoms with Gasteiger partial charge in [-0.25, -0.2) is 4.39 Å². The highest BCUT2D eigenvalue weighted by Crippen LogP contribution is 2.23. The first-order valence-electron chi connectivity index (χ1n) is 7.83. The van der Waals surface area contributed by atoms with Crippen molar-refractivity contribution in [3.05, 3.63) is 34.6 Å². The van der Waals surface area contributed by atoms with Crippen LogP contribution in [0.5, 0.6) is 0 Å². The maximum Gasteiger partial charge on any atom is 0.251 e. The Balaban J connectivity index is 1.74. The van der Waals surface area contributed by atoms with Gasteiger partial charge in [0, 0.05) is 29.2 Å². The highest BCUT2D eigenvalue weighted by Gasteiger charge is 2.31. The van der Waals surface area contributed by atoms with E-state index in [2.05, 4.69) is 10.6 Å². The first kappa shape index (κ1) is 18.2. The third kappa shape index (κ3) is 5.16. The van der Waals surface area contributed by atoms with Crippen LogP contribution in [0, 0.1) is 11.2 Å². The summed E-state index contributed by atoms with van der Waals surface area (Å²) in [4.78, 5) is 12.1. The number of hydrogen-bond donors (Lipinski definition) is 3. The summed E-state index contributed by atoms with van der Waals surface area (Å²) in [5, 5.41) is 16.4. The summed E-state index contributed by atoms with van der Waals surface area (Å²) < 4.78 is 13.3. The van der Waals surface area contributed by atoms with Crippen LogP contribution < -0.4 is 10.6 Å². The van der Waals surface area contributed by atoms with Crippen molar-refractivity contribution in [2.45, 2.75) is 51.8 Å². The maximum absolute atomic E-state index is 13.3. The average Bonchev–Trinajstić information content (AvgIpc) is 2.38. The largest absolute Gasteiger partial charge is 0.391 e. The number of aliphatic hydroxyl groups excluding tert-OH is 1. The molecule has 1 aromatic rings. The molecule has 1 saturated carbocycles. The number of benzene rings is 1. The van der Waals surface area contributed by atoms with Gasteiger partial charge in [-0.15, -0.1) is 0 Å². The number of amides is 1. The van der Waals surface area contributed by atoms with Crippen LogP contribution in [-0.4, -0.2) is 35.7 Å². The summed E-state index contributed by atoms with van der Waals surface area (Å²) in [6, 6.07) is 4.15. The molecule has 4 nitrogen and oxygen atoms in total. The smallest absolute Gasteiger partial charge is 0.251 e. The van der Waals surface area contributed by atoms with Crippen molar-refractivity contribution in [3.63, 3.8) is 0 Å². The lowest BCUT2D eigenvalue weighted by Crippen LogP contribution is -2.54. The van der Waals surface area contributed by atoms with E-state index in [0.717, 1.165) is 12.8 Å². The van der Waals surface area contributed by atoms with Crippen molar-refractivity contribution in [1.82, 2.24) is 10.6 Å². The number of hydrogen-bond acceptors (Lipinski definition) is 3. The number of carbonyl (C=O) groups excluding carboxylic acids is 1. The minimum absolute atomic E-state index is 0.0637. The van der Waals surface area contributed by atoms with Gasteiger partial charge in [0.05, 0.1) is 6.10 Å². The van der Waals surface area contributed by atoms with Gasteiger partial charge in [0.2, 0.25) is 0 Å². The molecule has 0 aromatic heterocycles. The molecule has 0 unspecified atom stereocenters. The van der Waals surface area contributed by atoms with E-state index in [1.165, 1.54) is 18.2 Å². The number of rotatable bonds is 5. The Kier molecular flexibility index (Phi) is 5.65. The van der Waals surface area contributed by atoms with E-state index in [1.807, 2.05) is 20.8 Å². The third-order valence-corrected chi connectivity index (χ3v) is 4.42. The molecular formula is C17H24ClFN2O2. The first-order valence-corrected chi connectivity index (χ1v) is 8.21. The molecule has 1 aliphatic carbocycles. The quantitative estimate of drug-likeness (QED) is 0.771. The molecule has 6 heteroatoms. The van der Waals surface area contributed by atoms with Gasteiger partial charge >= 0.3 is 0 Å². The minimum atomic E-state index is -0.521. The summed E-state index contributed by atoms with van der Waals surface area (Å²) in [7, 11) is 0. The van der Waals surface area contributed by atoms with Gasteiger partial charge in [0.15, 0.2) is 0 Å². The van der Waals surface area contributed by atoms with Crippen LogP contribution in [-0.2, 0) is 0 Å². The molecule has 1 fully saturated rings. The summed E-state index contributed by atoms with van der Waals surface area (Å²) in [5.74, 6) is -0.837. The van der Waals surface area contributed by atoms with Crippen molar-refractivity contribution in [2.24, 2.45) is 5.41 Å². The summed E-state index contributed by atoms with van der Waals surface area (Å²) in [5.41, 5.74) is 0.0793. The topological polar surface area (TPSA) is 61.4 Å². The lowest BCUT2D eigenvalue weighted by Gasteiger charge is -2.38. The van der Waals surface area contributed by atoms with Gasteiger partial charge in [-0.05, 0) is 36.5 Å². The van der Waals surface area contributed by atoms with E-state index in [9.17, 15) is 14.3 Å². The Morgan fingerprint density at radius 2 is 2.00 bits per heavy atom. The third-order valence-electron chi connectivity index (χ3n) is 4.20. The number of aliphatic hydroxyl groups is 1. The van der Waals surface area contributed by atoms with Crippen molar-refractivity contribution in [3.8, 4) is 0 Å². The fraction of sp³-hybridized carbons (Fsp3) is 0.588. The number of halogens is 2. The maximum atomic E-state index is 13.3. The molecule has 1 aliphatic rings. The van der Waals surface area contributed by atoms with Gasteiger partial charge < -0.3 is 15.7 Å². The van der Waals surface area contributed by atoms with Crippen molar-refractivity contribution in [2.75, 3.05) is 6.54 Å². The van der Waals surface area contributed by atoms with Gasteiger partial charge in [-0.1, -0.05) is 32.4 Å². The fourth-order valence-electron chi connectivity index (χ4n) is 2.44. The molecule has 0 spiro atoms. The van der Waals surface area contributed by atoms with Gasteiger partial charge in [-0.2, -0.15) is 0 Å². The van der Waals surface area contributed by atoms with E-state index in [0.29, 0.717) is 6.54 Å². The van der Waals surface area contributed by atoms with Gasteiger partial charge in [0.25, 0.3) is 5.91 Å². The zero-order valence-corrected chi connectivity index (χ0v) is 14.5. The molecule has 0 heterocycles. The van der Waals surface area contributed by atoms with Crippen LogP contribution in [0.15, 0.2) is 18.2 Å². The van der Waals surface area contributed by atoms with Crippen LogP contribution in [0.3, 0.4) is 0 Å². The van der Waals surface area contributed by atoms with Crippen LogP contribution in [0.4, 0.5) is 4.39 Å². The molecule has 0 radical (unpaired) electrons. The monoisotopic (exact) mass is 342 g/mol. The van der Waals surface area contributed by atoms with Gasteiger partial charge in [-0.3, -0.25) is 4.79 Å². The average molecular weight is 343 g/mol. The Morgan fingerprint density at radius 3 is 2.57 bits per heavy atom. The Labute approximate surface area is 141 Å². The fourth-order valence-corrected chi connectivity index (χ4v) is 2.66. The first-order chi connectivity index (χ1) is 10.6. The number of carbonyl (C=O) groups is 1. The zero-order valence-electron chi connectivity index (χ0n) is 13.7. The van der Waals surface area contributed by atoms with Crippen LogP contribution in [0.25, 0.3) is 0 Å². The lowest BCUT2D eigenvalue weighted by atomic mass is 9.85. The molecule has 0 saturated heterocycles. The normalized spacial score (nSPS) is 22.3. The van der Waals surface area contributed by atoms with E-state index < -0.39 is 11.9 Å². The predicted molar refractivity (Wildman–Crippen MR) is 89.2 cm³/mol. The van der Waals surface area contributed by atoms with Crippen molar-refractivity contribution < 1.29 is 14.3 Å². The van der Waals surface area contributed by atoms with E-state index in [-0.39, 0.29) is 34.0 Å². The molecule has 1 aromatic carbocycles. The molecule has 1 amide bonds. The highest BCUT2D eigenvalue weighted by molar-refractivity contribution is 6.31. The summed E-state index contributed by atoms with van der Waals surface area (Å²) in [6.45, 7) is 6.52. The molecule has 2 rings (SSSR count). The molecule has 23 heavy (non-hydrogen) atoms. The summed E-state index contributed by atoms with van der Waals surface area (Å²) >= 11 is 5.76. The van der Waals surface area contributed by atoms with Crippen LogP contribution >= 0.6 is 11.6 Å². The molecule has 0 aliphatic heterocycles. The SMILES string of the molecule is CC(C)(C)[C@@H](O)CNC1CC(NC(=O)c2cc(F)cc(Cl)c2)C1. The second-order valence-electron chi connectivity index (χ2n) is 7.29. The molecule has 128 valence electrons. The second kappa shape index (κ2) is 7.16. The van der Waals surface area contributed by atoms with Crippen LogP contribution in [0.1, 0.15) is 44.0 Å². The highest BCUT2D eigenvalue weighted by atomic mass is 35.5. The lowest BCUT2D eigenvalue weighted by molar-refractivity contribution is 0.0550. The molecule has 0 bridgehead atoms. The van der Waals surface area contributed by atoms with E-state index >= 15 is 0 Å². The van der Waals surface area contributed by atoms with Crippen LogP contribution in [0.2, 0.25) is 5.02 Å². The molecule has 1 atom stereocenters. The predicted octanol–water partition coefficient (Wildman–Crippen LogP) is 2.74. The van der Waals surface area contributed by atoms with E-state index in [1.54, 1.807) is 0 Å². The number of nitrogens with one attached hydrogen (secondary N) is 2. The van der Waals surface area contributed by atoms with Gasteiger partial charge in [0.1, 0.15) is 5.82 Å². The molecule has 3 N–H and O–H groups in total. The van der Waals surface area contributed by atoms with E-state index in [4.69, 9.17) is 11.6 Å². The Morgan fingerprint density at radius 1 is 1.35 bits per heavy atom. The molecular weight excluding hydrogens is 319 g/mol. The van der Waals surface area contributed by atoms with Crippen molar-refractivity contribution >= 4 is 17.5 Å². The summed E-state index contributed by atoms with van der Waals surface area (Å²) in [6.07, 6.45) is 1.18. The minimum Gasteiger partial charge on any atom is -0.391 e.